The van der Waals surface area contributed by atoms with Crippen LogP contribution in [0, 0.1) is 10.1 Å². The minimum atomic E-state index is -4.52. The van der Waals surface area contributed by atoms with Crippen LogP contribution < -0.4 is 4.90 Å². The largest absolute Gasteiger partial charge is 0.405 e. The number of anilines is 1. The summed E-state index contributed by atoms with van der Waals surface area (Å²) in [6.07, 6.45) is -4.52. The number of hydrogen-bond acceptors (Lipinski definition) is 5. The summed E-state index contributed by atoms with van der Waals surface area (Å²) in [6.45, 7) is -1.11. The molecule has 1 aromatic rings. The van der Waals surface area contributed by atoms with Crippen LogP contribution in [0.1, 0.15) is 17.3 Å². The summed E-state index contributed by atoms with van der Waals surface area (Å²) in [6, 6.07) is 3.19. The zero-order valence-corrected chi connectivity index (χ0v) is 11.1. The standard InChI is InChI=1S/C12H13F3N2O4/c1-8(19)10-3-2-9(6-11(10)17(20)21)16(4-5-18)7-12(13,14)15/h2-3,6,18H,4-5,7H2,1H3. The number of aliphatic hydroxyl groups is 1. The first kappa shape index (κ1) is 16.9. The number of aliphatic hydroxyl groups excluding tert-OH is 1. The van der Waals surface area contributed by atoms with Gasteiger partial charge in [-0.25, -0.2) is 0 Å². The summed E-state index contributed by atoms with van der Waals surface area (Å²) in [5.74, 6) is -0.558. The first-order valence-electron chi connectivity index (χ1n) is 5.87. The van der Waals surface area contributed by atoms with Crippen molar-refractivity contribution < 1.29 is 28.0 Å². The summed E-state index contributed by atoms with van der Waals surface area (Å²) >= 11 is 0. The van der Waals surface area contributed by atoms with Gasteiger partial charge in [-0.1, -0.05) is 0 Å². The van der Waals surface area contributed by atoms with E-state index in [1.165, 1.54) is 6.07 Å². The number of hydrogen-bond donors (Lipinski definition) is 1. The van der Waals surface area contributed by atoms with E-state index >= 15 is 0 Å². The number of nitrogens with zero attached hydrogens (tertiary/aromatic N) is 2. The van der Waals surface area contributed by atoms with Gasteiger partial charge in [0.2, 0.25) is 0 Å². The molecular formula is C12H13F3N2O4. The molecule has 0 aliphatic heterocycles. The highest BCUT2D eigenvalue weighted by Gasteiger charge is 2.31. The van der Waals surface area contributed by atoms with Crippen LogP contribution in [-0.2, 0) is 0 Å². The molecular weight excluding hydrogens is 293 g/mol. The third-order valence-electron chi connectivity index (χ3n) is 2.66. The summed E-state index contributed by atoms with van der Waals surface area (Å²) in [5, 5.41) is 19.7. The predicted molar refractivity (Wildman–Crippen MR) is 68.5 cm³/mol. The molecule has 6 nitrogen and oxygen atoms in total. The van der Waals surface area contributed by atoms with E-state index in [1.807, 2.05) is 0 Å². The fraction of sp³-hybridized carbons (Fsp3) is 0.417. The molecule has 0 heterocycles. The number of nitro groups is 1. The lowest BCUT2D eigenvalue weighted by molar-refractivity contribution is -0.385. The van der Waals surface area contributed by atoms with Crippen LogP contribution in [0.2, 0.25) is 0 Å². The zero-order valence-electron chi connectivity index (χ0n) is 11.1. The molecule has 0 fully saturated rings. The summed E-state index contributed by atoms with van der Waals surface area (Å²) in [5.41, 5.74) is -0.831. The van der Waals surface area contributed by atoms with E-state index in [0.717, 1.165) is 24.0 Å². The number of nitro benzene ring substituents is 1. The number of halogens is 3. The van der Waals surface area contributed by atoms with Gasteiger partial charge in [0, 0.05) is 18.3 Å². The van der Waals surface area contributed by atoms with Crippen molar-refractivity contribution in [3.8, 4) is 0 Å². The zero-order chi connectivity index (χ0) is 16.2. The third-order valence-corrected chi connectivity index (χ3v) is 2.66. The molecule has 0 atom stereocenters. The fourth-order valence-corrected chi connectivity index (χ4v) is 1.80. The SMILES string of the molecule is CC(=O)c1ccc(N(CCO)CC(F)(F)F)cc1[N+](=O)[O-]. The van der Waals surface area contributed by atoms with Gasteiger partial charge in [-0.15, -0.1) is 0 Å². The number of ketones is 1. The van der Waals surface area contributed by atoms with E-state index < -0.39 is 35.7 Å². The van der Waals surface area contributed by atoms with Crippen molar-refractivity contribution in [1.82, 2.24) is 0 Å². The number of alkyl halides is 3. The summed E-state index contributed by atoms with van der Waals surface area (Å²) in [4.78, 5) is 22.1. The maximum absolute atomic E-state index is 12.5. The van der Waals surface area contributed by atoms with Gasteiger partial charge >= 0.3 is 6.18 Å². The molecule has 0 aliphatic rings. The fourth-order valence-electron chi connectivity index (χ4n) is 1.80. The Labute approximate surface area is 117 Å². The van der Waals surface area contributed by atoms with Crippen LogP contribution in [0.3, 0.4) is 0 Å². The molecule has 0 aromatic heterocycles. The van der Waals surface area contributed by atoms with Crippen molar-refractivity contribution >= 4 is 17.2 Å². The molecule has 0 unspecified atom stereocenters. The van der Waals surface area contributed by atoms with E-state index in [4.69, 9.17) is 5.11 Å². The van der Waals surface area contributed by atoms with Gasteiger partial charge in [-0.3, -0.25) is 14.9 Å². The Hall–Kier alpha value is -2.16. The minimum absolute atomic E-state index is 0.0851. The highest BCUT2D eigenvalue weighted by Crippen LogP contribution is 2.28. The second-order valence-electron chi connectivity index (χ2n) is 4.28. The number of carbonyl (C=O) groups excluding carboxylic acids is 1. The van der Waals surface area contributed by atoms with E-state index in [-0.39, 0.29) is 17.8 Å². The average Bonchev–Trinajstić information content (AvgIpc) is 2.35. The quantitative estimate of drug-likeness (QED) is 0.494. The highest BCUT2D eigenvalue weighted by atomic mass is 19.4. The lowest BCUT2D eigenvalue weighted by Crippen LogP contribution is -2.36. The predicted octanol–water partition coefficient (Wildman–Crippen LogP) is 2.16. The van der Waals surface area contributed by atoms with Crippen molar-refractivity contribution in [3.63, 3.8) is 0 Å². The second-order valence-corrected chi connectivity index (χ2v) is 4.28. The van der Waals surface area contributed by atoms with Gasteiger partial charge in [0.15, 0.2) is 5.78 Å². The highest BCUT2D eigenvalue weighted by molar-refractivity contribution is 5.98. The molecule has 0 saturated carbocycles. The Kier molecular flexibility index (Phi) is 5.25. The number of benzene rings is 1. The van der Waals surface area contributed by atoms with Crippen LogP contribution in [0.5, 0.6) is 0 Å². The molecule has 0 saturated heterocycles. The van der Waals surface area contributed by atoms with Crippen molar-refractivity contribution in [1.29, 1.82) is 0 Å². The van der Waals surface area contributed by atoms with E-state index in [2.05, 4.69) is 0 Å². The molecule has 0 bridgehead atoms. The number of carbonyl (C=O) groups is 1. The van der Waals surface area contributed by atoms with Crippen molar-refractivity contribution in [3.05, 3.63) is 33.9 Å². The maximum Gasteiger partial charge on any atom is 0.405 e. The molecule has 0 amide bonds. The van der Waals surface area contributed by atoms with Crippen molar-refractivity contribution in [2.24, 2.45) is 0 Å². The van der Waals surface area contributed by atoms with E-state index in [0.29, 0.717) is 0 Å². The van der Waals surface area contributed by atoms with Crippen LogP contribution >= 0.6 is 0 Å². The Morgan fingerprint density at radius 3 is 2.48 bits per heavy atom. The van der Waals surface area contributed by atoms with Gasteiger partial charge in [0.25, 0.3) is 5.69 Å². The Morgan fingerprint density at radius 2 is 2.05 bits per heavy atom. The smallest absolute Gasteiger partial charge is 0.395 e. The Morgan fingerprint density at radius 1 is 1.43 bits per heavy atom. The summed E-state index contributed by atoms with van der Waals surface area (Å²) < 4.78 is 37.4. The molecule has 1 aromatic carbocycles. The van der Waals surface area contributed by atoms with E-state index in [1.54, 1.807) is 0 Å². The van der Waals surface area contributed by atoms with Gasteiger partial charge in [-0.05, 0) is 19.1 Å². The van der Waals surface area contributed by atoms with E-state index in [9.17, 15) is 28.1 Å². The first-order chi connectivity index (χ1) is 9.65. The maximum atomic E-state index is 12.5. The van der Waals surface area contributed by atoms with Crippen molar-refractivity contribution in [2.75, 3.05) is 24.6 Å². The average molecular weight is 306 g/mol. The van der Waals surface area contributed by atoms with Crippen molar-refractivity contribution in [2.45, 2.75) is 13.1 Å². The monoisotopic (exact) mass is 306 g/mol. The normalized spacial score (nSPS) is 11.3. The van der Waals surface area contributed by atoms with Crippen LogP contribution in [0.4, 0.5) is 24.5 Å². The lowest BCUT2D eigenvalue weighted by Gasteiger charge is -2.25. The number of Topliss-reactive ketones (excluding diaryl/α,β-unsaturated/α-hetero) is 1. The molecule has 0 aliphatic carbocycles. The minimum Gasteiger partial charge on any atom is -0.395 e. The lowest BCUT2D eigenvalue weighted by atomic mass is 10.1. The number of rotatable bonds is 6. The molecule has 0 spiro atoms. The third kappa shape index (κ3) is 4.71. The molecule has 21 heavy (non-hydrogen) atoms. The Bertz CT molecular complexity index is 546. The Balaban J connectivity index is 3.24. The van der Waals surface area contributed by atoms with Gasteiger partial charge in [0.05, 0.1) is 17.1 Å². The molecule has 1 N–H and O–H groups in total. The molecule has 9 heteroatoms. The second kappa shape index (κ2) is 6.53. The first-order valence-corrected chi connectivity index (χ1v) is 5.87. The van der Waals surface area contributed by atoms with Gasteiger partial charge in [0.1, 0.15) is 6.54 Å². The summed E-state index contributed by atoms with van der Waals surface area (Å²) in [7, 11) is 0. The molecule has 116 valence electrons. The molecule has 0 radical (unpaired) electrons. The van der Waals surface area contributed by atoms with Gasteiger partial charge < -0.3 is 10.0 Å². The topological polar surface area (TPSA) is 83.7 Å². The van der Waals surface area contributed by atoms with Crippen LogP contribution in [0.15, 0.2) is 18.2 Å². The van der Waals surface area contributed by atoms with Crippen LogP contribution in [-0.4, -0.2) is 41.7 Å². The van der Waals surface area contributed by atoms with Gasteiger partial charge in [-0.2, -0.15) is 13.2 Å². The molecule has 1 rings (SSSR count). The van der Waals surface area contributed by atoms with Crippen LogP contribution in [0.25, 0.3) is 0 Å².